The van der Waals surface area contributed by atoms with Crippen molar-refractivity contribution in [1.29, 1.82) is 0 Å². The van der Waals surface area contributed by atoms with E-state index >= 15 is 0 Å². The van der Waals surface area contributed by atoms with Gasteiger partial charge in [0.25, 0.3) is 0 Å². The lowest BCUT2D eigenvalue weighted by molar-refractivity contribution is 0.676. The highest BCUT2D eigenvalue weighted by Gasteiger charge is 2.58. The second-order valence-corrected chi connectivity index (χ2v) is 8.22. The van der Waals surface area contributed by atoms with E-state index in [-0.39, 0.29) is 5.03 Å². The lowest BCUT2D eigenvalue weighted by Gasteiger charge is -2.43. The Balaban J connectivity index is 2.67. The first-order valence-corrected chi connectivity index (χ1v) is 7.96. The summed E-state index contributed by atoms with van der Waals surface area (Å²) in [6.45, 7) is 0. The van der Waals surface area contributed by atoms with Gasteiger partial charge in [-0.05, 0) is 5.56 Å². The number of benzene rings is 1. The fourth-order valence-electron chi connectivity index (χ4n) is 1.89. The third kappa shape index (κ3) is 2.71. The molecule has 2 unspecified atom stereocenters. The summed E-state index contributed by atoms with van der Waals surface area (Å²) >= 11 is 43.5. The van der Waals surface area contributed by atoms with Crippen molar-refractivity contribution in [3.63, 3.8) is 0 Å². The Bertz CT molecular complexity index is 506. The van der Waals surface area contributed by atoms with Crippen LogP contribution in [0.5, 0.6) is 0 Å². The van der Waals surface area contributed by atoms with E-state index in [4.69, 9.17) is 81.2 Å². The Morgan fingerprint density at radius 2 is 1.42 bits per heavy atom. The average Bonchev–Trinajstić information content (AvgIpc) is 2.36. The molecule has 1 aromatic rings. The van der Waals surface area contributed by atoms with Crippen molar-refractivity contribution in [2.75, 3.05) is 0 Å². The summed E-state index contributed by atoms with van der Waals surface area (Å²) in [7, 11) is 0. The maximum atomic E-state index is 6.33. The highest BCUT2D eigenvalue weighted by atomic mass is 35.5. The standard InChI is InChI=1S/C12H7Cl7/c13-8-7(6-4-2-1-3-5-6)11(16,17)10(15)12(18,19)9(8)14/h1-5,9-10H. The number of rotatable bonds is 1. The highest BCUT2D eigenvalue weighted by molar-refractivity contribution is 6.66. The molecule has 0 aliphatic heterocycles. The lowest BCUT2D eigenvalue weighted by Crippen LogP contribution is -2.51. The second-order valence-electron chi connectivity index (χ2n) is 4.11. The molecule has 2 atom stereocenters. The Morgan fingerprint density at radius 3 is 1.95 bits per heavy atom. The largest absolute Gasteiger partial charge is 0.164 e. The number of hydrogen-bond acceptors (Lipinski definition) is 0. The van der Waals surface area contributed by atoms with Crippen LogP contribution in [0.15, 0.2) is 35.4 Å². The van der Waals surface area contributed by atoms with Crippen molar-refractivity contribution in [2.45, 2.75) is 19.4 Å². The molecule has 0 bridgehead atoms. The van der Waals surface area contributed by atoms with Crippen molar-refractivity contribution in [3.05, 3.63) is 40.9 Å². The van der Waals surface area contributed by atoms with Gasteiger partial charge in [-0.2, -0.15) is 0 Å². The predicted octanol–water partition coefficient (Wildman–Crippen LogP) is 6.21. The zero-order valence-electron chi connectivity index (χ0n) is 9.19. The van der Waals surface area contributed by atoms with E-state index in [9.17, 15) is 0 Å². The SMILES string of the molecule is ClC1=C(c2ccccc2)C(Cl)(Cl)C(Cl)C(Cl)(Cl)C1Cl. The van der Waals surface area contributed by atoms with Crippen LogP contribution in [0.2, 0.25) is 0 Å². The smallest absolute Gasteiger partial charge is 0.116 e. The molecule has 0 saturated heterocycles. The third-order valence-corrected chi connectivity index (χ3v) is 6.96. The molecule has 0 aromatic heterocycles. The number of alkyl halides is 6. The van der Waals surface area contributed by atoms with Gasteiger partial charge in [-0.1, -0.05) is 88.3 Å². The minimum absolute atomic E-state index is 0.194. The molecule has 19 heavy (non-hydrogen) atoms. The van der Waals surface area contributed by atoms with Crippen molar-refractivity contribution >= 4 is 86.8 Å². The molecular weight excluding hydrogens is 392 g/mol. The molecule has 0 heterocycles. The summed E-state index contributed by atoms with van der Waals surface area (Å²) in [6.07, 6.45) is 0. The van der Waals surface area contributed by atoms with E-state index in [0.717, 1.165) is 5.56 Å². The van der Waals surface area contributed by atoms with Crippen LogP contribution in [0, 0.1) is 0 Å². The van der Waals surface area contributed by atoms with Gasteiger partial charge >= 0.3 is 0 Å². The van der Waals surface area contributed by atoms with Gasteiger partial charge in [0.1, 0.15) is 10.8 Å². The summed E-state index contributed by atoms with van der Waals surface area (Å²) in [5.74, 6) is 0. The zero-order chi connectivity index (χ0) is 14.4. The number of allylic oxidation sites excluding steroid dienone is 2. The topological polar surface area (TPSA) is 0 Å². The Labute approximate surface area is 146 Å². The third-order valence-electron chi connectivity index (χ3n) is 2.85. The van der Waals surface area contributed by atoms with Crippen LogP contribution in [0.3, 0.4) is 0 Å². The van der Waals surface area contributed by atoms with Gasteiger partial charge in [-0.3, -0.25) is 0 Å². The Hall–Kier alpha value is 0.990. The van der Waals surface area contributed by atoms with Gasteiger partial charge < -0.3 is 0 Å². The van der Waals surface area contributed by atoms with Crippen LogP contribution in [0.25, 0.3) is 5.57 Å². The molecule has 0 N–H and O–H groups in total. The van der Waals surface area contributed by atoms with Gasteiger partial charge in [0, 0.05) is 10.6 Å². The van der Waals surface area contributed by atoms with E-state index in [1.54, 1.807) is 12.1 Å². The number of hydrogen-bond donors (Lipinski definition) is 0. The molecule has 0 spiro atoms. The van der Waals surface area contributed by atoms with Crippen LogP contribution in [0.4, 0.5) is 0 Å². The van der Waals surface area contributed by atoms with E-state index in [1.165, 1.54) is 0 Å². The van der Waals surface area contributed by atoms with Crippen LogP contribution in [-0.4, -0.2) is 19.4 Å². The van der Waals surface area contributed by atoms with Gasteiger partial charge in [-0.25, -0.2) is 0 Å². The summed E-state index contributed by atoms with van der Waals surface area (Å²) < 4.78 is -3.11. The normalized spacial score (nSPS) is 29.4. The molecule has 0 saturated carbocycles. The number of halogens is 7. The minimum atomic E-state index is -1.57. The molecular formula is C12H7Cl7. The van der Waals surface area contributed by atoms with Gasteiger partial charge in [-0.15, -0.1) is 23.2 Å². The van der Waals surface area contributed by atoms with Gasteiger partial charge in [0.05, 0.1) is 0 Å². The van der Waals surface area contributed by atoms with Crippen LogP contribution in [0.1, 0.15) is 5.56 Å². The van der Waals surface area contributed by atoms with E-state index in [1.807, 2.05) is 18.2 Å². The Morgan fingerprint density at radius 1 is 0.895 bits per heavy atom. The predicted molar refractivity (Wildman–Crippen MR) is 87.4 cm³/mol. The maximum Gasteiger partial charge on any atom is 0.164 e. The van der Waals surface area contributed by atoms with Crippen molar-refractivity contribution < 1.29 is 0 Å². The molecule has 1 aromatic carbocycles. The Kier molecular flexibility index (Phi) is 4.86. The van der Waals surface area contributed by atoms with Crippen LogP contribution < -0.4 is 0 Å². The summed E-state index contributed by atoms with van der Waals surface area (Å²) in [5, 5.41) is -1.73. The molecule has 7 heteroatoms. The summed E-state index contributed by atoms with van der Waals surface area (Å²) in [4.78, 5) is 0. The molecule has 2 rings (SSSR count). The van der Waals surface area contributed by atoms with E-state index in [0.29, 0.717) is 5.57 Å². The summed E-state index contributed by atoms with van der Waals surface area (Å²) in [5.41, 5.74) is 1.15. The van der Waals surface area contributed by atoms with E-state index in [2.05, 4.69) is 0 Å². The quantitative estimate of drug-likeness (QED) is 0.493. The molecule has 1 aliphatic carbocycles. The van der Waals surface area contributed by atoms with E-state index < -0.39 is 19.4 Å². The molecule has 0 radical (unpaired) electrons. The highest BCUT2D eigenvalue weighted by Crippen LogP contribution is 2.58. The fraction of sp³-hybridized carbons (Fsp3) is 0.333. The summed E-state index contributed by atoms with van der Waals surface area (Å²) in [6, 6.07) is 9.12. The monoisotopic (exact) mass is 396 g/mol. The van der Waals surface area contributed by atoms with Crippen LogP contribution in [-0.2, 0) is 0 Å². The molecule has 0 nitrogen and oxygen atoms in total. The first-order valence-electron chi connectivity index (χ1n) is 5.20. The molecule has 1 aliphatic rings. The first kappa shape index (κ1) is 16.4. The van der Waals surface area contributed by atoms with Crippen LogP contribution >= 0.6 is 81.2 Å². The van der Waals surface area contributed by atoms with Gasteiger partial charge in [0.2, 0.25) is 0 Å². The first-order chi connectivity index (χ1) is 8.70. The lowest BCUT2D eigenvalue weighted by atomic mass is 9.91. The van der Waals surface area contributed by atoms with Crippen molar-refractivity contribution in [2.24, 2.45) is 0 Å². The molecule has 104 valence electrons. The van der Waals surface area contributed by atoms with Gasteiger partial charge in [0.15, 0.2) is 8.67 Å². The average molecular weight is 399 g/mol. The van der Waals surface area contributed by atoms with Crippen molar-refractivity contribution in [1.82, 2.24) is 0 Å². The fourth-order valence-corrected chi connectivity index (χ4v) is 4.60. The molecule has 0 amide bonds. The zero-order valence-corrected chi connectivity index (χ0v) is 14.5. The minimum Gasteiger partial charge on any atom is -0.116 e. The molecule has 0 fully saturated rings. The second kappa shape index (κ2) is 5.65. The van der Waals surface area contributed by atoms with Crippen molar-refractivity contribution in [3.8, 4) is 0 Å². The maximum absolute atomic E-state index is 6.33.